The van der Waals surface area contributed by atoms with Crippen LogP contribution in [0.4, 0.5) is 11.5 Å². The molecule has 19 heteroatoms. The predicted molar refractivity (Wildman–Crippen MR) is 295 cm³/mol. The Kier molecular flexibility index (Phi) is 23.3. The molecule has 1 aliphatic heterocycles. The summed E-state index contributed by atoms with van der Waals surface area (Å²) in [4.78, 5) is 74.5. The van der Waals surface area contributed by atoms with Crippen LogP contribution in [0.5, 0.6) is 11.6 Å². The van der Waals surface area contributed by atoms with Gasteiger partial charge in [-0.25, -0.2) is 14.8 Å². The molecule has 3 aromatic heterocycles. The van der Waals surface area contributed by atoms with E-state index in [0.29, 0.717) is 74.6 Å². The number of carbonyl (C=O) groups is 5. The zero-order chi connectivity index (χ0) is 56.1. The fourth-order valence-corrected chi connectivity index (χ4v) is 10.6. The second kappa shape index (κ2) is 29.9. The number of aliphatic carboxylic acids is 3. The maximum atomic E-state index is 15.0. The Bertz CT molecular complexity index is 2560. The highest BCUT2D eigenvalue weighted by atomic mass is 16.5. The van der Waals surface area contributed by atoms with Gasteiger partial charge in [0.05, 0.1) is 56.6 Å². The third kappa shape index (κ3) is 20.3. The zero-order valence-electron chi connectivity index (χ0n) is 46.8. The number of carboxylic acids is 3. The van der Waals surface area contributed by atoms with E-state index in [2.05, 4.69) is 39.4 Å². The molecule has 1 saturated carbocycles. The van der Waals surface area contributed by atoms with Gasteiger partial charge in [0, 0.05) is 75.8 Å². The molecule has 4 aromatic rings. The molecule has 0 bridgehead atoms. The molecule has 3 N–H and O–H groups in total. The lowest BCUT2D eigenvalue weighted by Crippen LogP contribution is -2.54. The summed E-state index contributed by atoms with van der Waals surface area (Å²) in [6.45, 7) is 9.31. The maximum absolute atomic E-state index is 15.0. The minimum atomic E-state index is -1.30. The minimum absolute atomic E-state index is 0.0233. The minimum Gasteiger partial charge on any atom is -0.544 e. The lowest BCUT2D eigenvalue weighted by Gasteiger charge is -2.36. The van der Waals surface area contributed by atoms with Gasteiger partial charge in [0.15, 0.2) is 6.54 Å². The summed E-state index contributed by atoms with van der Waals surface area (Å²) < 4.78 is 13.7. The quantitative estimate of drug-likeness (QED) is 0.0293. The number of methoxy groups -OCH3 is 1. The number of aromatic nitrogens is 5. The van der Waals surface area contributed by atoms with Crippen LogP contribution in [0.1, 0.15) is 156 Å². The van der Waals surface area contributed by atoms with Gasteiger partial charge in [0.1, 0.15) is 18.1 Å². The summed E-state index contributed by atoms with van der Waals surface area (Å²) >= 11 is 0. The van der Waals surface area contributed by atoms with Crippen molar-refractivity contribution in [2.45, 2.75) is 149 Å². The number of rotatable bonds is 36. The van der Waals surface area contributed by atoms with Crippen molar-refractivity contribution in [3.8, 4) is 11.6 Å². The number of hydrogen-bond donors (Lipinski definition) is 3. The first-order chi connectivity index (χ1) is 37.4. The number of amides is 2. The van der Waals surface area contributed by atoms with Gasteiger partial charge in [-0.15, -0.1) is 5.10 Å². The largest absolute Gasteiger partial charge is 0.544 e. The van der Waals surface area contributed by atoms with E-state index >= 15 is 4.79 Å². The number of quaternary nitrogens is 1. The number of anilines is 2. The van der Waals surface area contributed by atoms with Crippen LogP contribution in [0, 0.1) is 24.2 Å². The molecule has 1 saturated heterocycles. The molecule has 1 aliphatic carbocycles. The van der Waals surface area contributed by atoms with Crippen LogP contribution < -0.4 is 29.7 Å². The maximum Gasteiger partial charge on any atom is 0.359 e. The Morgan fingerprint density at radius 2 is 1.62 bits per heavy atom. The molecule has 4 heterocycles. The number of hydrogen-bond acceptors (Lipinski definition) is 13. The number of likely N-dealkylation sites (N-methyl/N-ethyl adjacent to an activating group) is 1. The standard InChI is InChI=1S/C59H85N9O10/c1-43-17-15-19-52(62-43)67(58(76)49-24-23-48(77-5)36-51(49)65-31-26-44(27-32-65)41-78-54-35-46(25-30-61-54)50(37-55(70)71)45-21-22-45)42-59(2,3)28-33-66-38-47(63-64-66)18-13-11-9-7-6-8-10-12-14-20-53(69)60-29-16-34-68(4,39-56(72)73)40-57(74)75/h15,17,19,23-25,30,35-36,38,44-45,50H,6-14,16,18,20-22,26-29,31-34,37,39-42H2,1-5H3,(H3-,60,69,70,71,72,73,74,75)/t50-/m0/s1. The van der Waals surface area contributed by atoms with Crippen molar-refractivity contribution in [3.63, 3.8) is 0 Å². The van der Waals surface area contributed by atoms with Crippen molar-refractivity contribution >= 4 is 41.2 Å². The number of carbonyl (C=O) groups excluding carboxylic acids is 3. The van der Waals surface area contributed by atoms with E-state index in [-0.39, 0.29) is 53.1 Å². The van der Waals surface area contributed by atoms with Gasteiger partial charge in [0.25, 0.3) is 5.91 Å². The second-order valence-electron chi connectivity index (χ2n) is 22.8. The van der Waals surface area contributed by atoms with Crippen LogP contribution >= 0.6 is 0 Å². The predicted octanol–water partition coefficient (Wildman–Crippen LogP) is 7.64. The van der Waals surface area contributed by atoms with Gasteiger partial charge in [-0.2, -0.15) is 0 Å². The highest BCUT2D eigenvalue weighted by Gasteiger charge is 2.35. The molecule has 19 nitrogen and oxygen atoms in total. The monoisotopic (exact) mass is 1080 g/mol. The summed E-state index contributed by atoms with van der Waals surface area (Å²) in [5, 5.41) is 41.5. The highest BCUT2D eigenvalue weighted by molar-refractivity contribution is 6.09. The first-order valence-corrected chi connectivity index (χ1v) is 28.3. The summed E-state index contributed by atoms with van der Waals surface area (Å²) in [5.74, 6) is -0.867. The second-order valence-corrected chi connectivity index (χ2v) is 22.8. The van der Waals surface area contributed by atoms with Crippen molar-refractivity contribution in [1.29, 1.82) is 0 Å². The fraction of sp³-hybridized carbons (Fsp3) is 0.610. The normalized spacial score (nSPS) is 15.1. The average Bonchev–Trinajstić information content (AvgIpc) is 4.17. The molecule has 2 amide bonds. The van der Waals surface area contributed by atoms with Crippen LogP contribution in [-0.4, -0.2) is 136 Å². The number of aryl methyl sites for hydroxylation is 3. The van der Waals surface area contributed by atoms with E-state index in [1.165, 1.54) is 6.42 Å². The number of unbranched alkanes of at least 4 members (excludes halogenated alkanes) is 8. The topological polar surface area (TPSA) is 242 Å². The lowest BCUT2D eigenvalue weighted by atomic mass is 9.88. The smallest absolute Gasteiger partial charge is 0.359 e. The van der Waals surface area contributed by atoms with Crippen molar-refractivity contribution in [1.82, 2.24) is 30.3 Å². The van der Waals surface area contributed by atoms with Crippen molar-refractivity contribution in [2.24, 2.45) is 17.3 Å². The van der Waals surface area contributed by atoms with Crippen LogP contribution in [0.25, 0.3) is 0 Å². The van der Waals surface area contributed by atoms with Gasteiger partial charge in [-0.05, 0) is 117 Å². The Balaban J connectivity index is 0.912. The number of benzene rings is 1. The van der Waals surface area contributed by atoms with Crippen LogP contribution in [0.2, 0.25) is 0 Å². The summed E-state index contributed by atoms with van der Waals surface area (Å²) in [5.41, 5.74) is 3.86. The van der Waals surface area contributed by atoms with Gasteiger partial charge in [-0.1, -0.05) is 70.1 Å². The van der Waals surface area contributed by atoms with E-state index in [9.17, 15) is 29.4 Å². The molecule has 78 heavy (non-hydrogen) atoms. The number of piperidine rings is 1. The number of ether oxygens (including phenoxy) is 2. The molecular formula is C59H85N9O10. The Hall–Kier alpha value is -6.63. The number of nitrogens with zero attached hydrogens (tertiary/aromatic N) is 8. The molecule has 2 aliphatic rings. The Morgan fingerprint density at radius 1 is 0.897 bits per heavy atom. The number of nitrogens with one attached hydrogen (secondary N) is 1. The van der Waals surface area contributed by atoms with Crippen molar-refractivity contribution in [3.05, 3.63) is 83.4 Å². The molecule has 6 rings (SSSR count). The molecule has 2 fully saturated rings. The Labute approximate surface area is 460 Å². The van der Waals surface area contributed by atoms with Crippen LogP contribution in [0.3, 0.4) is 0 Å². The third-order valence-corrected chi connectivity index (χ3v) is 15.3. The van der Waals surface area contributed by atoms with Crippen molar-refractivity contribution < 1.29 is 53.2 Å². The molecule has 426 valence electrons. The molecule has 2 atom stereocenters. The third-order valence-electron chi connectivity index (χ3n) is 15.3. The lowest BCUT2D eigenvalue weighted by molar-refractivity contribution is -0.897. The molecule has 1 aromatic carbocycles. The summed E-state index contributed by atoms with van der Waals surface area (Å²) in [6, 6.07) is 15.3. The van der Waals surface area contributed by atoms with Crippen LogP contribution in [-0.2, 0) is 32.1 Å². The fourth-order valence-electron chi connectivity index (χ4n) is 10.6. The number of pyridine rings is 2. The molecule has 0 radical (unpaired) electrons. The number of carboxylic acid groups (broad SMARTS) is 3. The van der Waals surface area contributed by atoms with E-state index in [4.69, 9.17) is 19.6 Å². The van der Waals surface area contributed by atoms with E-state index in [0.717, 1.165) is 126 Å². The Morgan fingerprint density at radius 3 is 2.28 bits per heavy atom. The first kappa shape index (κ1) is 60.6. The SMILES string of the molecule is COc1ccc(C(=O)N(CC(C)(C)CCn2cc(CCCCCCCCCCCC(=O)NCCC[N+](C)(CC(=O)[O-])CC(=O)O)nn2)c2cccc(C)n2)c(N2CCC(COc3cc([C@@H](CC(=O)O)C4CC4)ccn3)CC2)c1. The van der Waals surface area contributed by atoms with Gasteiger partial charge >= 0.3 is 11.9 Å². The van der Waals surface area contributed by atoms with E-state index < -0.39 is 17.9 Å². The van der Waals surface area contributed by atoms with E-state index in [1.807, 2.05) is 71.2 Å². The summed E-state index contributed by atoms with van der Waals surface area (Å²) in [6.07, 6.45) is 19.9. The summed E-state index contributed by atoms with van der Waals surface area (Å²) in [7, 11) is 3.21. The van der Waals surface area contributed by atoms with Gasteiger partial charge < -0.3 is 44.3 Å². The average molecular weight is 1080 g/mol. The first-order valence-electron chi connectivity index (χ1n) is 28.3. The molecule has 1 unspecified atom stereocenters. The van der Waals surface area contributed by atoms with Gasteiger partial charge in [-0.3, -0.25) is 24.0 Å². The van der Waals surface area contributed by atoms with Crippen molar-refractivity contribution in [2.75, 3.05) is 76.4 Å². The van der Waals surface area contributed by atoms with Gasteiger partial charge in [0.2, 0.25) is 11.8 Å². The highest BCUT2D eigenvalue weighted by Crippen LogP contribution is 2.45. The van der Waals surface area contributed by atoms with E-state index in [1.54, 1.807) is 20.4 Å². The van der Waals surface area contributed by atoms with Crippen LogP contribution in [0.15, 0.2) is 60.9 Å². The molecule has 0 spiro atoms. The molecular weight excluding hydrogens is 995 g/mol. The zero-order valence-corrected chi connectivity index (χ0v) is 46.8.